The molecule has 0 amide bonds. The number of rotatable bonds is 3. The molecule has 0 saturated heterocycles. The van der Waals surface area contributed by atoms with Crippen LogP contribution in [0.2, 0.25) is 10.0 Å². The van der Waals surface area contributed by atoms with Crippen molar-refractivity contribution in [2.45, 2.75) is 10.6 Å². The molecular weight excluding hydrogens is 329 g/mol. The van der Waals surface area contributed by atoms with E-state index in [4.69, 9.17) is 28.9 Å². The van der Waals surface area contributed by atoms with E-state index in [-0.39, 0.29) is 5.75 Å². The van der Waals surface area contributed by atoms with E-state index in [0.717, 1.165) is 11.0 Å². The molecule has 1 unspecified atom stereocenters. The zero-order valence-electron chi connectivity index (χ0n) is 10.8. The van der Waals surface area contributed by atoms with Gasteiger partial charge in [-0.15, -0.1) is 0 Å². The van der Waals surface area contributed by atoms with Crippen molar-refractivity contribution in [3.63, 3.8) is 0 Å². The van der Waals surface area contributed by atoms with E-state index in [9.17, 15) is 4.21 Å². The van der Waals surface area contributed by atoms with Crippen LogP contribution in [-0.2, 0) is 16.6 Å². The predicted octanol–water partition coefficient (Wildman–Crippen LogP) is 3.76. The number of aromatic amines is 1. The average Bonchev–Trinajstić information content (AvgIpc) is 2.82. The number of anilines is 1. The first kappa shape index (κ1) is 14.4. The topological polar surface area (TPSA) is 71.8 Å². The zero-order valence-corrected chi connectivity index (χ0v) is 13.1. The SMILES string of the molecule is Nc1ccc2nc(CS(=O)c3cc(Cl)ccc3Cl)[nH]c2c1. The van der Waals surface area contributed by atoms with Crippen LogP contribution in [-0.4, -0.2) is 14.2 Å². The second-order valence-corrected chi connectivity index (χ2v) is 6.79. The maximum atomic E-state index is 12.4. The van der Waals surface area contributed by atoms with Gasteiger partial charge in [-0.2, -0.15) is 0 Å². The summed E-state index contributed by atoms with van der Waals surface area (Å²) in [6.07, 6.45) is 0. The number of nitrogens with two attached hydrogens (primary N) is 1. The van der Waals surface area contributed by atoms with Crippen LogP contribution in [0.3, 0.4) is 0 Å². The van der Waals surface area contributed by atoms with Gasteiger partial charge in [0, 0.05) is 10.7 Å². The third-order valence-corrected chi connectivity index (χ3v) is 5.00. The minimum Gasteiger partial charge on any atom is -0.399 e. The lowest BCUT2D eigenvalue weighted by atomic mass is 10.3. The summed E-state index contributed by atoms with van der Waals surface area (Å²) < 4.78 is 12.4. The van der Waals surface area contributed by atoms with E-state index in [0.29, 0.717) is 26.5 Å². The fourth-order valence-electron chi connectivity index (χ4n) is 2.00. The highest BCUT2D eigenvalue weighted by molar-refractivity contribution is 7.84. The number of nitrogens with zero attached hydrogens (tertiary/aromatic N) is 1. The first-order chi connectivity index (χ1) is 10.0. The Balaban J connectivity index is 1.90. The van der Waals surface area contributed by atoms with Crippen molar-refractivity contribution >= 4 is 50.7 Å². The highest BCUT2D eigenvalue weighted by atomic mass is 35.5. The van der Waals surface area contributed by atoms with Gasteiger partial charge in [-0.05, 0) is 36.4 Å². The third-order valence-electron chi connectivity index (χ3n) is 2.96. The van der Waals surface area contributed by atoms with Gasteiger partial charge < -0.3 is 10.7 Å². The lowest BCUT2D eigenvalue weighted by Gasteiger charge is -2.03. The number of hydrogen-bond acceptors (Lipinski definition) is 3. The van der Waals surface area contributed by atoms with E-state index >= 15 is 0 Å². The van der Waals surface area contributed by atoms with Crippen LogP contribution in [0.25, 0.3) is 11.0 Å². The van der Waals surface area contributed by atoms with E-state index < -0.39 is 10.8 Å². The Hall–Kier alpha value is -1.56. The second kappa shape index (κ2) is 5.67. The Morgan fingerprint density at radius 1 is 1.19 bits per heavy atom. The Kier molecular flexibility index (Phi) is 3.89. The molecule has 2 aromatic carbocycles. The minimum atomic E-state index is -1.33. The van der Waals surface area contributed by atoms with Gasteiger partial charge in [-0.3, -0.25) is 4.21 Å². The standard InChI is InChI=1S/C14H11Cl2N3OS/c15-8-1-3-10(16)13(5-8)21(20)7-14-18-11-4-2-9(17)6-12(11)19-14/h1-6H,7,17H2,(H,18,19). The van der Waals surface area contributed by atoms with Crippen molar-refractivity contribution < 1.29 is 4.21 Å². The summed E-state index contributed by atoms with van der Waals surface area (Å²) in [5.74, 6) is 0.847. The average molecular weight is 340 g/mol. The summed E-state index contributed by atoms with van der Waals surface area (Å²) in [4.78, 5) is 8.01. The Labute approximate surface area is 133 Å². The first-order valence-corrected chi connectivity index (χ1v) is 8.18. The highest BCUT2D eigenvalue weighted by Gasteiger charge is 2.13. The molecule has 0 aliphatic carbocycles. The van der Waals surface area contributed by atoms with Gasteiger partial charge in [0.2, 0.25) is 0 Å². The summed E-state index contributed by atoms with van der Waals surface area (Å²) >= 11 is 12.0. The van der Waals surface area contributed by atoms with E-state index in [1.54, 1.807) is 30.3 Å². The van der Waals surface area contributed by atoms with Crippen LogP contribution in [0.1, 0.15) is 5.82 Å². The van der Waals surface area contributed by atoms with Gasteiger partial charge in [0.1, 0.15) is 5.82 Å². The predicted molar refractivity (Wildman–Crippen MR) is 87.1 cm³/mol. The van der Waals surface area contributed by atoms with Crippen molar-refractivity contribution in [2.75, 3.05) is 5.73 Å². The van der Waals surface area contributed by atoms with Crippen LogP contribution in [0, 0.1) is 0 Å². The molecular formula is C14H11Cl2N3OS. The molecule has 3 rings (SSSR count). The monoisotopic (exact) mass is 339 g/mol. The fourth-order valence-corrected chi connectivity index (χ4v) is 3.70. The number of hydrogen-bond donors (Lipinski definition) is 2. The Bertz CT molecular complexity index is 847. The highest BCUT2D eigenvalue weighted by Crippen LogP contribution is 2.25. The number of imidazole rings is 1. The molecule has 1 atom stereocenters. The maximum absolute atomic E-state index is 12.4. The van der Waals surface area contributed by atoms with Crippen LogP contribution >= 0.6 is 23.2 Å². The molecule has 3 aromatic rings. The molecule has 0 bridgehead atoms. The minimum absolute atomic E-state index is 0.231. The Morgan fingerprint density at radius 3 is 2.81 bits per heavy atom. The van der Waals surface area contributed by atoms with Gasteiger partial charge in [0.25, 0.3) is 0 Å². The van der Waals surface area contributed by atoms with Crippen molar-refractivity contribution in [3.05, 3.63) is 52.3 Å². The number of fused-ring (bicyclic) bond motifs is 1. The van der Waals surface area contributed by atoms with Crippen molar-refractivity contribution in [1.82, 2.24) is 9.97 Å². The number of benzene rings is 2. The summed E-state index contributed by atoms with van der Waals surface area (Å²) in [5, 5.41) is 0.929. The van der Waals surface area contributed by atoms with Gasteiger partial charge in [-0.1, -0.05) is 23.2 Å². The molecule has 108 valence electrons. The molecule has 0 radical (unpaired) electrons. The van der Waals surface area contributed by atoms with Crippen molar-refractivity contribution in [3.8, 4) is 0 Å². The van der Waals surface area contributed by atoms with E-state index in [1.165, 1.54) is 0 Å². The normalized spacial score (nSPS) is 12.7. The van der Waals surface area contributed by atoms with Crippen LogP contribution < -0.4 is 5.73 Å². The number of aromatic nitrogens is 2. The Morgan fingerprint density at radius 2 is 2.00 bits per heavy atom. The van der Waals surface area contributed by atoms with Crippen LogP contribution in [0.15, 0.2) is 41.3 Å². The zero-order chi connectivity index (χ0) is 15.0. The number of nitrogens with one attached hydrogen (secondary N) is 1. The van der Waals surface area contributed by atoms with Crippen LogP contribution in [0.4, 0.5) is 5.69 Å². The second-order valence-electron chi connectivity index (χ2n) is 4.52. The van der Waals surface area contributed by atoms with Crippen molar-refractivity contribution in [1.29, 1.82) is 0 Å². The maximum Gasteiger partial charge on any atom is 0.120 e. The molecule has 0 aliphatic heterocycles. The molecule has 21 heavy (non-hydrogen) atoms. The molecule has 0 fully saturated rings. The number of halogens is 2. The fraction of sp³-hybridized carbons (Fsp3) is 0.0714. The molecule has 1 aromatic heterocycles. The summed E-state index contributed by atoms with van der Waals surface area (Å²) in [7, 11) is -1.33. The summed E-state index contributed by atoms with van der Waals surface area (Å²) in [6.45, 7) is 0. The molecule has 0 saturated carbocycles. The van der Waals surface area contributed by atoms with Gasteiger partial charge in [-0.25, -0.2) is 4.98 Å². The third kappa shape index (κ3) is 3.05. The quantitative estimate of drug-likeness (QED) is 0.713. The molecule has 1 heterocycles. The van der Waals surface area contributed by atoms with E-state index in [2.05, 4.69) is 9.97 Å². The lowest BCUT2D eigenvalue weighted by Crippen LogP contribution is -1.99. The van der Waals surface area contributed by atoms with Crippen molar-refractivity contribution in [2.24, 2.45) is 0 Å². The number of nitrogen functional groups attached to an aromatic ring is 1. The molecule has 4 nitrogen and oxygen atoms in total. The largest absolute Gasteiger partial charge is 0.399 e. The van der Waals surface area contributed by atoms with Gasteiger partial charge >= 0.3 is 0 Å². The summed E-state index contributed by atoms with van der Waals surface area (Å²) in [6, 6.07) is 10.3. The molecule has 0 aliphatic rings. The summed E-state index contributed by atoms with van der Waals surface area (Å²) in [5.41, 5.74) is 7.98. The van der Waals surface area contributed by atoms with E-state index in [1.807, 2.05) is 6.07 Å². The van der Waals surface area contributed by atoms with Crippen LogP contribution in [0.5, 0.6) is 0 Å². The van der Waals surface area contributed by atoms with Gasteiger partial charge in [0.15, 0.2) is 0 Å². The smallest absolute Gasteiger partial charge is 0.120 e. The first-order valence-electron chi connectivity index (χ1n) is 6.10. The van der Waals surface area contributed by atoms with Gasteiger partial charge in [0.05, 0.1) is 37.5 Å². The molecule has 3 N–H and O–H groups in total. The number of H-pyrrole nitrogens is 1. The molecule has 7 heteroatoms. The molecule has 0 spiro atoms. The lowest BCUT2D eigenvalue weighted by molar-refractivity contribution is 0.681.